The van der Waals surface area contributed by atoms with Crippen molar-refractivity contribution in [2.24, 2.45) is 0 Å². The molecule has 0 aliphatic carbocycles. The summed E-state index contributed by atoms with van der Waals surface area (Å²) >= 11 is 5.04. The summed E-state index contributed by atoms with van der Waals surface area (Å²) in [6.07, 6.45) is 1.01. The molecule has 0 bridgehead atoms. The van der Waals surface area contributed by atoms with Crippen LogP contribution < -0.4 is 4.74 Å². The summed E-state index contributed by atoms with van der Waals surface area (Å²) < 4.78 is 5.48. The van der Waals surface area contributed by atoms with Crippen molar-refractivity contribution in [3.05, 3.63) is 29.8 Å². The summed E-state index contributed by atoms with van der Waals surface area (Å²) in [5.74, 6) is 0.808. The summed E-state index contributed by atoms with van der Waals surface area (Å²) in [6.45, 7) is 2.11. The average Bonchev–Trinajstić information content (AvgIpc) is 2.18. The Kier molecular flexibility index (Phi) is 3.89. The predicted octanol–water partition coefficient (Wildman–Crippen LogP) is 2.47. The molecule has 0 fully saturated rings. The van der Waals surface area contributed by atoms with E-state index in [0.29, 0.717) is 5.17 Å². The fourth-order valence-electron chi connectivity index (χ4n) is 1.02. The molecular weight excluding hydrogens is 194 g/mol. The third-order valence-corrected chi connectivity index (χ3v) is 2.33. The van der Waals surface area contributed by atoms with Crippen LogP contribution in [0.2, 0.25) is 0 Å². The molecule has 0 atom stereocenters. The maximum Gasteiger partial charge on any atom is 0.264 e. The van der Waals surface area contributed by atoms with Crippen molar-refractivity contribution in [2.45, 2.75) is 13.3 Å². The van der Waals surface area contributed by atoms with Gasteiger partial charge in [0, 0.05) is 14.1 Å². The molecule has 0 amide bonds. The van der Waals surface area contributed by atoms with E-state index >= 15 is 0 Å². The normalized spacial score (nSPS) is 9.64. The van der Waals surface area contributed by atoms with E-state index in [4.69, 9.17) is 17.0 Å². The Morgan fingerprint density at radius 1 is 1.43 bits per heavy atom. The van der Waals surface area contributed by atoms with Gasteiger partial charge in [0.1, 0.15) is 5.75 Å². The molecule has 1 aromatic carbocycles. The van der Waals surface area contributed by atoms with Crippen molar-refractivity contribution < 1.29 is 4.74 Å². The zero-order chi connectivity index (χ0) is 10.6. The first-order valence-corrected chi connectivity index (χ1v) is 5.02. The van der Waals surface area contributed by atoms with Crippen LogP contribution in [0, 0.1) is 0 Å². The molecule has 0 aliphatic heterocycles. The lowest BCUT2D eigenvalue weighted by molar-refractivity contribution is 0.449. The van der Waals surface area contributed by atoms with E-state index in [1.807, 2.05) is 32.3 Å². The van der Waals surface area contributed by atoms with E-state index in [-0.39, 0.29) is 0 Å². The zero-order valence-corrected chi connectivity index (χ0v) is 9.60. The van der Waals surface area contributed by atoms with Crippen LogP contribution in [0.5, 0.6) is 5.75 Å². The summed E-state index contributed by atoms with van der Waals surface area (Å²) in [7, 11) is 3.73. The fourth-order valence-corrected chi connectivity index (χ4v) is 1.12. The Bertz CT molecular complexity index is 323. The monoisotopic (exact) mass is 209 g/mol. The van der Waals surface area contributed by atoms with Gasteiger partial charge in [0.2, 0.25) is 0 Å². The average molecular weight is 209 g/mol. The lowest BCUT2D eigenvalue weighted by atomic mass is 10.2. The predicted molar refractivity (Wildman–Crippen MR) is 62.7 cm³/mol. The van der Waals surface area contributed by atoms with Gasteiger partial charge in [0.25, 0.3) is 5.17 Å². The number of rotatable bonds is 2. The van der Waals surface area contributed by atoms with Gasteiger partial charge in [-0.25, -0.2) is 0 Å². The molecule has 76 valence electrons. The second-order valence-electron chi connectivity index (χ2n) is 3.26. The molecule has 0 saturated carbocycles. The lowest BCUT2D eigenvalue weighted by Crippen LogP contribution is -2.24. The summed E-state index contributed by atoms with van der Waals surface area (Å²) in [4.78, 5) is 1.77. The molecule has 0 unspecified atom stereocenters. The highest BCUT2D eigenvalue weighted by molar-refractivity contribution is 7.80. The molecule has 0 heterocycles. The molecule has 0 aromatic heterocycles. The van der Waals surface area contributed by atoms with Gasteiger partial charge in [0.05, 0.1) is 0 Å². The highest BCUT2D eigenvalue weighted by Crippen LogP contribution is 2.14. The topological polar surface area (TPSA) is 12.5 Å². The van der Waals surface area contributed by atoms with E-state index in [1.165, 1.54) is 5.56 Å². The summed E-state index contributed by atoms with van der Waals surface area (Å²) in [6, 6.07) is 7.97. The Morgan fingerprint density at radius 3 is 2.71 bits per heavy atom. The first-order chi connectivity index (χ1) is 6.63. The summed E-state index contributed by atoms with van der Waals surface area (Å²) in [5.41, 5.74) is 1.25. The first-order valence-electron chi connectivity index (χ1n) is 4.61. The van der Waals surface area contributed by atoms with Crippen molar-refractivity contribution in [1.82, 2.24) is 4.90 Å². The van der Waals surface area contributed by atoms with Crippen LogP contribution in [0.25, 0.3) is 0 Å². The second kappa shape index (κ2) is 4.96. The number of hydrogen-bond donors (Lipinski definition) is 0. The smallest absolute Gasteiger partial charge is 0.264 e. The van der Waals surface area contributed by atoms with E-state index in [2.05, 4.69) is 13.0 Å². The molecule has 0 saturated heterocycles. The van der Waals surface area contributed by atoms with Crippen molar-refractivity contribution in [3.8, 4) is 5.75 Å². The molecule has 1 rings (SSSR count). The van der Waals surface area contributed by atoms with Crippen molar-refractivity contribution >= 4 is 17.4 Å². The van der Waals surface area contributed by atoms with Gasteiger partial charge in [-0.2, -0.15) is 0 Å². The van der Waals surface area contributed by atoms with Crippen LogP contribution >= 0.6 is 12.2 Å². The number of benzene rings is 1. The Hall–Kier alpha value is -1.09. The largest absolute Gasteiger partial charge is 0.432 e. The van der Waals surface area contributed by atoms with E-state index < -0.39 is 0 Å². The lowest BCUT2D eigenvalue weighted by Gasteiger charge is -2.14. The van der Waals surface area contributed by atoms with E-state index in [1.54, 1.807) is 4.90 Å². The molecule has 2 nitrogen and oxygen atoms in total. The van der Waals surface area contributed by atoms with Crippen molar-refractivity contribution in [2.75, 3.05) is 14.1 Å². The maximum absolute atomic E-state index is 5.48. The molecule has 3 heteroatoms. The van der Waals surface area contributed by atoms with Gasteiger partial charge in [-0.1, -0.05) is 19.1 Å². The number of thiocarbonyl (C=S) groups is 1. The van der Waals surface area contributed by atoms with Crippen LogP contribution in [-0.2, 0) is 6.42 Å². The standard InChI is InChI=1S/C11H15NOS/c1-4-9-6-5-7-10(8-9)13-11(14)12(2)3/h5-8H,4H2,1-3H3. The second-order valence-corrected chi connectivity index (χ2v) is 3.61. The number of nitrogens with zero attached hydrogens (tertiary/aromatic N) is 1. The number of hydrogen-bond acceptors (Lipinski definition) is 2. The first kappa shape index (κ1) is 11.0. The van der Waals surface area contributed by atoms with Crippen LogP contribution in [0.15, 0.2) is 24.3 Å². The van der Waals surface area contributed by atoms with Crippen LogP contribution in [0.1, 0.15) is 12.5 Å². The minimum absolute atomic E-state index is 0.484. The highest BCUT2D eigenvalue weighted by Gasteiger charge is 2.02. The van der Waals surface area contributed by atoms with Crippen LogP contribution in [0.3, 0.4) is 0 Å². The molecule has 1 aromatic rings. The minimum Gasteiger partial charge on any atom is -0.432 e. The Labute approximate surface area is 90.5 Å². The van der Waals surface area contributed by atoms with Crippen molar-refractivity contribution in [1.29, 1.82) is 0 Å². The van der Waals surface area contributed by atoms with Gasteiger partial charge < -0.3 is 9.64 Å². The highest BCUT2D eigenvalue weighted by atomic mass is 32.1. The third-order valence-electron chi connectivity index (χ3n) is 1.88. The van der Waals surface area contributed by atoms with Gasteiger partial charge in [-0.3, -0.25) is 0 Å². The van der Waals surface area contributed by atoms with Crippen molar-refractivity contribution in [3.63, 3.8) is 0 Å². The molecular formula is C11H15NOS. The van der Waals surface area contributed by atoms with Crippen LogP contribution in [0.4, 0.5) is 0 Å². The van der Waals surface area contributed by atoms with E-state index in [9.17, 15) is 0 Å². The quantitative estimate of drug-likeness (QED) is 0.694. The minimum atomic E-state index is 0.484. The number of ether oxygens (including phenoxy) is 1. The van der Waals surface area contributed by atoms with Gasteiger partial charge in [-0.15, -0.1) is 0 Å². The Morgan fingerprint density at radius 2 is 2.14 bits per heavy atom. The van der Waals surface area contributed by atoms with Crippen LogP contribution in [-0.4, -0.2) is 24.2 Å². The molecule has 0 spiro atoms. The van der Waals surface area contributed by atoms with E-state index in [0.717, 1.165) is 12.2 Å². The molecule has 0 radical (unpaired) electrons. The molecule has 0 N–H and O–H groups in total. The molecule has 14 heavy (non-hydrogen) atoms. The summed E-state index contributed by atoms with van der Waals surface area (Å²) in [5, 5.41) is 0.484. The van der Waals surface area contributed by atoms with Gasteiger partial charge in [0.15, 0.2) is 0 Å². The Balaban J connectivity index is 2.72. The fraction of sp³-hybridized carbons (Fsp3) is 0.364. The van der Waals surface area contributed by atoms with Gasteiger partial charge in [-0.05, 0) is 36.3 Å². The third kappa shape index (κ3) is 3.00. The van der Waals surface area contributed by atoms with Gasteiger partial charge >= 0.3 is 0 Å². The maximum atomic E-state index is 5.48. The SMILES string of the molecule is CCc1cccc(OC(=S)N(C)C)c1. The zero-order valence-electron chi connectivity index (χ0n) is 8.78. The number of aryl methyl sites for hydroxylation is 1. The molecule has 0 aliphatic rings.